The van der Waals surface area contributed by atoms with Gasteiger partial charge in [0.2, 0.25) is 5.69 Å². The standard InChI is InChI=1S/C10H7IN2O3/c11-6-1-3-7(4-2-6)13-5-8(14)9(12-13)10(15)16/h1-5,14H,(H,15,16). The number of aromatic nitrogens is 2. The second-order valence-corrected chi connectivity index (χ2v) is 4.33. The number of benzene rings is 1. The lowest BCUT2D eigenvalue weighted by Crippen LogP contribution is -2.00. The van der Waals surface area contributed by atoms with E-state index in [1.807, 2.05) is 12.1 Å². The Kier molecular flexibility index (Phi) is 2.82. The van der Waals surface area contributed by atoms with Crippen molar-refractivity contribution in [3.05, 3.63) is 39.7 Å². The quantitative estimate of drug-likeness (QED) is 0.825. The first-order valence-corrected chi connectivity index (χ1v) is 5.43. The maximum absolute atomic E-state index is 10.7. The average Bonchev–Trinajstić information content (AvgIpc) is 2.61. The molecular formula is C10H7IN2O3. The van der Waals surface area contributed by atoms with Gasteiger partial charge in [0.25, 0.3) is 0 Å². The van der Waals surface area contributed by atoms with Gasteiger partial charge in [-0.15, -0.1) is 0 Å². The van der Waals surface area contributed by atoms with Gasteiger partial charge >= 0.3 is 5.97 Å². The minimum atomic E-state index is -1.25. The Balaban J connectivity index is 2.45. The summed E-state index contributed by atoms with van der Waals surface area (Å²) in [6.45, 7) is 0. The highest BCUT2D eigenvalue weighted by Gasteiger charge is 2.15. The van der Waals surface area contributed by atoms with Crippen molar-refractivity contribution >= 4 is 28.6 Å². The Morgan fingerprint density at radius 1 is 1.31 bits per heavy atom. The summed E-state index contributed by atoms with van der Waals surface area (Å²) < 4.78 is 2.39. The molecule has 2 aromatic rings. The topological polar surface area (TPSA) is 75.3 Å². The van der Waals surface area contributed by atoms with Crippen LogP contribution in [0.15, 0.2) is 30.5 Å². The predicted molar refractivity (Wildman–Crippen MR) is 64.9 cm³/mol. The molecule has 0 atom stereocenters. The molecule has 1 heterocycles. The number of carboxylic acids is 1. The summed E-state index contributed by atoms with van der Waals surface area (Å²) in [5.74, 6) is -1.59. The summed E-state index contributed by atoms with van der Waals surface area (Å²) in [5, 5.41) is 21.9. The third-order valence-corrected chi connectivity index (χ3v) is 2.71. The Hall–Kier alpha value is -1.57. The maximum atomic E-state index is 10.7. The van der Waals surface area contributed by atoms with E-state index in [4.69, 9.17) is 5.11 Å². The molecule has 0 unspecified atom stereocenters. The zero-order chi connectivity index (χ0) is 11.7. The van der Waals surface area contributed by atoms with Crippen molar-refractivity contribution in [1.82, 2.24) is 9.78 Å². The van der Waals surface area contributed by atoms with Crippen LogP contribution in [0.4, 0.5) is 0 Å². The van der Waals surface area contributed by atoms with Gasteiger partial charge in [0.05, 0.1) is 11.9 Å². The van der Waals surface area contributed by atoms with Crippen molar-refractivity contribution in [2.45, 2.75) is 0 Å². The fourth-order valence-electron chi connectivity index (χ4n) is 1.24. The highest BCUT2D eigenvalue weighted by Crippen LogP contribution is 2.18. The van der Waals surface area contributed by atoms with Crippen LogP contribution in [-0.4, -0.2) is 26.0 Å². The first kappa shape index (κ1) is 10.9. The summed E-state index contributed by atoms with van der Waals surface area (Å²) in [7, 11) is 0. The molecule has 82 valence electrons. The second kappa shape index (κ2) is 4.12. The molecule has 0 aliphatic heterocycles. The Labute approximate surface area is 104 Å². The van der Waals surface area contributed by atoms with Crippen molar-refractivity contribution in [3.63, 3.8) is 0 Å². The molecule has 0 radical (unpaired) electrons. The molecule has 1 aromatic heterocycles. The summed E-state index contributed by atoms with van der Waals surface area (Å²) in [4.78, 5) is 10.7. The number of carboxylic acid groups (broad SMARTS) is 1. The first-order valence-electron chi connectivity index (χ1n) is 4.36. The first-order chi connectivity index (χ1) is 7.58. The van der Waals surface area contributed by atoms with Crippen LogP contribution < -0.4 is 0 Å². The van der Waals surface area contributed by atoms with E-state index in [0.29, 0.717) is 5.69 Å². The van der Waals surface area contributed by atoms with Gasteiger partial charge < -0.3 is 10.2 Å². The summed E-state index contributed by atoms with van der Waals surface area (Å²) in [6.07, 6.45) is 1.27. The van der Waals surface area contributed by atoms with Gasteiger partial charge in [-0.05, 0) is 46.9 Å². The molecule has 2 N–H and O–H groups in total. The summed E-state index contributed by atoms with van der Waals surface area (Å²) >= 11 is 2.17. The van der Waals surface area contributed by atoms with E-state index >= 15 is 0 Å². The van der Waals surface area contributed by atoms with E-state index in [2.05, 4.69) is 27.7 Å². The molecule has 0 fully saturated rings. The van der Waals surface area contributed by atoms with Gasteiger partial charge in [0, 0.05) is 3.57 Å². The van der Waals surface area contributed by atoms with Gasteiger partial charge in [0.1, 0.15) is 0 Å². The van der Waals surface area contributed by atoms with E-state index in [9.17, 15) is 9.90 Å². The number of rotatable bonds is 2. The van der Waals surface area contributed by atoms with Crippen molar-refractivity contribution in [2.75, 3.05) is 0 Å². The van der Waals surface area contributed by atoms with E-state index < -0.39 is 5.97 Å². The SMILES string of the molecule is O=C(O)c1nn(-c2ccc(I)cc2)cc1O. The Bertz CT molecular complexity index is 533. The summed E-state index contributed by atoms with van der Waals surface area (Å²) in [6, 6.07) is 7.32. The van der Waals surface area contributed by atoms with Crippen molar-refractivity contribution in [2.24, 2.45) is 0 Å². The van der Waals surface area contributed by atoms with Crippen molar-refractivity contribution in [1.29, 1.82) is 0 Å². The van der Waals surface area contributed by atoms with Crippen LogP contribution in [0.3, 0.4) is 0 Å². The number of aromatic carboxylic acids is 1. The molecule has 0 amide bonds. The minimum absolute atomic E-state index is 0.342. The zero-order valence-electron chi connectivity index (χ0n) is 7.96. The van der Waals surface area contributed by atoms with Crippen LogP contribution in [0.25, 0.3) is 5.69 Å². The second-order valence-electron chi connectivity index (χ2n) is 3.09. The van der Waals surface area contributed by atoms with Crippen LogP contribution in [0.5, 0.6) is 5.75 Å². The van der Waals surface area contributed by atoms with E-state index in [0.717, 1.165) is 3.57 Å². The van der Waals surface area contributed by atoms with Crippen LogP contribution in [0.2, 0.25) is 0 Å². The highest BCUT2D eigenvalue weighted by atomic mass is 127. The van der Waals surface area contributed by atoms with Gasteiger partial charge in [-0.1, -0.05) is 0 Å². The van der Waals surface area contributed by atoms with E-state index in [1.165, 1.54) is 10.9 Å². The molecule has 0 bridgehead atoms. The smallest absolute Gasteiger partial charge is 0.360 e. The van der Waals surface area contributed by atoms with Gasteiger partial charge in [-0.25, -0.2) is 9.48 Å². The number of aromatic hydroxyl groups is 1. The van der Waals surface area contributed by atoms with E-state index in [-0.39, 0.29) is 11.4 Å². The van der Waals surface area contributed by atoms with Crippen LogP contribution in [0, 0.1) is 3.57 Å². The van der Waals surface area contributed by atoms with Crippen LogP contribution >= 0.6 is 22.6 Å². The normalized spacial score (nSPS) is 10.3. The molecule has 16 heavy (non-hydrogen) atoms. The Morgan fingerprint density at radius 2 is 1.94 bits per heavy atom. The number of nitrogens with zero attached hydrogens (tertiary/aromatic N) is 2. The Morgan fingerprint density at radius 3 is 2.44 bits per heavy atom. The minimum Gasteiger partial charge on any atom is -0.504 e. The molecule has 0 saturated heterocycles. The van der Waals surface area contributed by atoms with Crippen molar-refractivity contribution < 1.29 is 15.0 Å². The number of halogens is 1. The predicted octanol–water partition coefficient (Wildman–Crippen LogP) is 1.88. The van der Waals surface area contributed by atoms with Gasteiger partial charge in [-0.3, -0.25) is 0 Å². The lowest BCUT2D eigenvalue weighted by atomic mass is 10.3. The molecule has 0 spiro atoms. The molecule has 2 rings (SSSR count). The monoisotopic (exact) mass is 330 g/mol. The lowest BCUT2D eigenvalue weighted by Gasteiger charge is -1.99. The molecule has 5 nitrogen and oxygen atoms in total. The van der Waals surface area contributed by atoms with Gasteiger partial charge in [0.15, 0.2) is 5.75 Å². The zero-order valence-corrected chi connectivity index (χ0v) is 10.1. The highest BCUT2D eigenvalue weighted by molar-refractivity contribution is 14.1. The van der Waals surface area contributed by atoms with Crippen LogP contribution in [-0.2, 0) is 0 Å². The van der Waals surface area contributed by atoms with E-state index in [1.54, 1.807) is 12.1 Å². The average molecular weight is 330 g/mol. The number of hydrogen-bond acceptors (Lipinski definition) is 3. The van der Waals surface area contributed by atoms with Gasteiger partial charge in [-0.2, -0.15) is 5.10 Å². The van der Waals surface area contributed by atoms with Crippen LogP contribution in [0.1, 0.15) is 10.5 Å². The third-order valence-electron chi connectivity index (χ3n) is 1.99. The fourth-order valence-corrected chi connectivity index (χ4v) is 1.60. The molecule has 6 heteroatoms. The fraction of sp³-hybridized carbons (Fsp3) is 0. The number of carbonyl (C=O) groups is 1. The summed E-state index contributed by atoms with van der Waals surface area (Å²) in [5.41, 5.74) is 0.349. The number of hydrogen-bond donors (Lipinski definition) is 2. The lowest BCUT2D eigenvalue weighted by molar-refractivity contribution is 0.0687. The maximum Gasteiger partial charge on any atom is 0.360 e. The van der Waals surface area contributed by atoms with Crippen molar-refractivity contribution in [3.8, 4) is 11.4 Å². The molecule has 0 saturated carbocycles. The third kappa shape index (κ3) is 2.01. The molecule has 0 aliphatic carbocycles. The molecule has 1 aromatic carbocycles. The molecular weight excluding hydrogens is 323 g/mol. The largest absolute Gasteiger partial charge is 0.504 e. The molecule has 0 aliphatic rings.